The highest BCUT2D eigenvalue weighted by molar-refractivity contribution is 7.80. The van der Waals surface area contributed by atoms with Crippen LogP contribution in [0.5, 0.6) is 17.2 Å². The van der Waals surface area contributed by atoms with Crippen molar-refractivity contribution in [2.75, 3.05) is 0 Å². The molecule has 2 aromatic carbocycles. The van der Waals surface area contributed by atoms with E-state index in [4.69, 9.17) is 0 Å². The minimum absolute atomic E-state index is 0.117. The van der Waals surface area contributed by atoms with Crippen LogP contribution in [0.4, 0.5) is 0 Å². The van der Waals surface area contributed by atoms with Crippen molar-refractivity contribution in [3.05, 3.63) is 46.5 Å². The molecule has 1 aliphatic carbocycles. The zero-order chi connectivity index (χ0) is 14.6. The van der Waals surface area contributed by atoms with Gasteiger partial charge in [-0.25, -0.2) is 0 Å². The lowest BCUT2D eigenvalue weighted by Crippen LogP contribution is -2.21. The maximum Gasteiger partial charge on any atom is 0.198 e. The Balaban J connectivity index is 2.46. The lowest BCUT2D eigenvalue weighted by Gasteiger charge is -2.20. The molecule has 0 aliphatic heterocycles. The number of ketones is 2. The summed E-state index contributed by atoms with van der Waals surface area (Å²) in [6, 6.07) is 6.08. The molecule has 0 saturated carbocycles. The number of carbonyl (C=O) groups excluding carboxylic acids is 2. The van der Waals surface area contributed by atoms with Crippen LogP contribution < -0.4 is 0 Å². The fraction of sp³-hybridized carbons (Fsp3) is 0. The molecule has 0 radical (unpaired) electrons. The van der Waals surface area contributed by atoms with Crippen LogP contribution >= 0.6 is 12.6 Å². The summed E-state index contributed by atoms with van der Waals surface area (Å²) in [6.45, 7) is 0. The first kappa shape index (κ1) is 12.6. The van der Waals surface area contributed by atoms with Gasteiger partial charge in [0, 0.05) is 11.1 Å². The summed E-state index contributed by atoms with van der Waals surface area (Å²) < 4.78 is 0. The molecule has 0 heterocycles. The van der Waals surface area contributed by atoms with Crippen molar-refractivity contribution >= 4 is 24.2 Å². The predicted octanol–water partition coefficient (Wildman–Crippen LogP) is 1.87. The Hall–Kier alpha value is -2.47. The molecule has 0 aromatic heterocycles. The monoisotopic (exact) mass is 288 g/mol. The zero-order valence-electron chi connectivity index (χ0n) is 9.91. The second kappa shape index (κ2) is 4.01. The lowest BCUT2D eigenvalue weighted by molar-refractivity contribution is 0.0973. The van der Waals surface area contributed by atoms with Crippen molar-refractivity contribution in [1.29, 1.82) is 0 Å². The van der Waals surface area contributed by atoms with Gasteiger partial charge in [-0.2, -0.15) is 0 Å². The number of rotatable bonds is 0. The summed E-state index contributed by atoms with van der Waals surface area (Å²) in [5.74, 6) is -3.34. The fourth-order valence-corrected chi connectivity index (χ4v) is 2.51. The summed E-state index contributed by atoms with van der Waals surface area (Å²) in [4.78, 5) is 24.3. The Morgan fingerprint density at radius 1 is 0.750 bits per heavy atom. The summed E-state index contributed by atoms with van der Waals surface area (Å²) in [7, 11) is 0. The standard InChI is InChI=1S/C14H8O5S/c15-9-5-3-1-2-4-6(5)10(16)8-7(9)11(17)13(19)14(20)12(8)18/h1-4,17-20H. The Kier molecular flexibility index (Phi) is 2.52. The molecule has 0 amide bonds. The van der Waals surface area contributed by atoms with Gasteiger partial charge in [-0.3, -0.25) is 9.59 Å². The maximum absolute atomic E-state index is 12.4. The van der Waals surface area contributed by atoms with Gasteiger partial charge in [0.25, 0.3) is 0 Å². The van der Waals surface area contributed by atoms with Crippen molar-refractivity contribution in [2.24, 2.45) is 0 Å². The summed E-state index contributed by atoms with van der Waals surface area (Å²) >= 11 is 3.83. The quantitative estimate of drug-likeness (QED) is 0.288. The van der Waals surface area contributed by atoms with Gasteiger partial charge in [0.1, 0.15) is 5.75 Å². The van der Waals surface area contributed by atoms with Crippen molar-refractivity contribution in [3.63, 3.8) is 0 Å². The average Bonchev–Trinajstić information content (AvgIpc) is 2.46. The number of hydrogen-bond acceptors (Lipinski definition) is 6. The highest BCUT2D eigenvalue weighted by Crippen LogP contribution is 2.47. The van der Waals surface area contributed by atoms with Crippen LogP contribution in [0.2, 0.25) is 0 Å². The molecule has 20 heavy (non-hydrogen) atoms. The van der Waals surface area contributed by atoms with Crippen LogP contribution in [0.25, 0.3) is 0 Å². The highest BCUT2D eigenvalue weighted by atomic mass is 32.1. The van der Waals surface area contributed by atoms with E-state index in [0.29, 0.717) is 0 Å². The van der Waals surface area contributed by atoms with Gasteiger partial charge in [-0.1, -0.05) is 24.3 Å². The SMILES string of the molecule is O=C1c2ccccc2C(=O)c2c(O)c(S)c(O)c(O)c21. The van der Waals surface area contributed by atoms with Gasteiger partial charge in [-0.05, 0) is 0 Å². The number of phenolic OH excluding ortho intramolecular Hbond substituents is 3. The minimum Gasteiger partial charge on any atom is -0.506 e. The second-order valence-corrected chi connectivity index (χ2v) is 4.80. The fourth-order valence-electron chi connectivity index (χ4n) is 2.29. The number of fused-ring (bicyclic) bond motifs is 2. The van der Waals surface area contributed by atoms with E-state index in [9.17, 15) is 24.9 Å². The van der Waals surface area contributed by atoms with E-state index in [-0.39, 0.29) is 21.6 Å². The molecule has 0 unspecified atom stereocenters. The molecule has 3 N–H and O–H groups in total. The highest BCUT2D eigenvalue weighted by Gasteiger charge is 2.37. The van der Waals surface area contributed by atoms with Crippen LogP contribution in [-0.4, -0.2) is 26.9 Å². The molecular formula is C14H8O5S. The Morgan fingerprint density at radius 3 is 1.70 bits per heavy atom. The molecule has 0 fully saturated rings. The first-order valence-corrected chi connectivity index (χ1v) is 6.08. The molecule has 0 spiro atoms. The predicted molar refractivity (Wildman–Crippen MR) is 72.0 cm³/mol. The Bertz CT molecular complexity index is 729. The number of hydrogen-bond donors (Lipinski definition) is 4. The van der Waals surface area contributed by atoms with Gasteiger partial charge < -0.3 is 15.3 Å². The number of thiol groups is 1. The molecule has 100 valence electrons. The van der Waals surface area contributed by atoms with Crippen LogP contribution in [0.3, 0.4) is 0 Å². The second-order valence-electron chi connectivity index (χ2n) is 4.35. The molecular weight excluding hydrogens is 280 g/mol. The molecule has 1 aliphatic rings. The molecule has 2 aromatic rings. The lowest BCUT2D eigenvalue weighted by atomic mass is 9.83. The molecule has 0 bridgehead atoms. The smallest absolute Gasteiger partial charge is 0.198 e. The Morgan fingerprint density at radius 2 is 1.20 bits per heavy atom. The third kappa shape index (κ3) is 1.39. The third-order valence-electron chi connectivity index (χ3n) is 3.27. The first-order chi connectivity index (χ1) is 9.45. The van der Waals surface area contributed by atoms with Crippen molar-refractivity contribution in [3.8, 4) is 17.2 Å². The van der Waals surface area contributed by atoms with E-state index < -0.39 is 34.4 Å². The summed E-state index contributed by atoms with van der Waals surface area (Å²) in [5.41, 5.74) is -0.486. The first-order valence-electron chi connectivity index (χ1n) is 5.63. The van der Waals surface area contributed by atoms with Gasteiger partial charge >= 0.3 is 0 Å². The molecule has 0 atom stereocenters. The minimum atomic E-state index is -0.754. The van der Waals surface area contributed by atoms with E-state index in [1.54, 1.807) is 12.1 Å². The normalized spacial score (nSPS) is 13.1. The van der Waals surface area contributed by atoms with E-state index in [2.05, 4.69) is 12.6 Å². The van der Waals surface area contributed by atoms with Crippen molar-refractivity contribution in [1.82, 2.24) is 0 Å². The largest absolute Gasteiger partial charge is 0.506 e. The van der Waals surface area contributed by atoms with Gasteiger partial charge in [0.2, 0.25) is 0 Å². The van der Waals surface area contributed by atoms with Gasteiger partial charge in [-0.15, -0.1) is 12.6 Å². The molecule has 3 rings (SSSR count). The van der Waals surface area contributed by atoms with Crippen LogP contribution in [0.1, 0.15) is 31.8 Å². The molecule has 5 nitrogen and oxygen atoms in total. The van der Waals surface area contributed by atoms with Gasteiger partial charge in [0.05, 0.1) is 16.0 Å². The maximum atomic E-state index is 12.4. The number of benzene rings is 2. The van der Waals surface area contributed by atoms with E-state index in [1.165, 1.54) is 12.1 Å². The number of carbonyl (C=O) groups is 2. The molecule has 0 saturated heterocycles. The van der Waals surface area contributed by atoms with Gasteiger partial charge in [0.15, 0.2) is 23.1 Å². The van der Waals surface area contributed by atoms with E-state index in [1.807, 2.05) is 0 Å². The van der Waals surface area contributed by atoms with Crippen LogP contribution in [0, 0.1) is 0 Å². The topological polar surface area (TPSA) is 94.8 Å². The zero-order valence-corrected chi connectivity index (χ0v) is 10.8. The summed E-state index contributed by atoms with van der Waals surface area (Å²) in [6.07, 6.45) is 0. The van der Waals surface area contributed by atoms with Crippen molar-refractivity contribution in [2.45, 2.75) is 4.90 Å². The average molecular weight is 288 g/mol. The van der Waals surface area contributed by atoms with Crippen LogP contribution in [0.15, 0.2) is 29.2 Å². The van der Waals surface area contributed by atoms with Crippen LogP contribution in [-0.2, 0) is 0 Å². The summed E-state index contributed by atoms with van der Waals surface area (Å²) in [5, 5.41) is 29.5. The number of phenols is 3. The Labute approximate surface area is 118 Å². The number of aromatic hydroxyl groups is 3. The van der Waals surface area contributed by atoms with Crippen molar-refractivity contribution < 1.29 is 24.9 Å². The van der Waals surface area contributed by atoms with E-state index >= 15 is 0 Å². The molecule has 6 heteroatoms. The third-order valence-corrected chi connectivity index (χ3v) is 3.69. The van der Waals surface area contributed by atoms with E-state index in [0.717, 1.165) is 0 Å².